The molecule has 0 bridgehead atoms. The van der Waals surface area contributed by atoms with Crippen LogP contribution < -0.4 is 0 Å². The molecule has 0 spiro atoms. The molecule has 2 saturated heterocycles. The standard InChI is InChI=1S/C15H27N3O3/c1-4-16-5-6-18(11-15(16)20)14(19)9-13-10-17(12(2)3)7-8-21-13/h12-13H,4-11H2,1-3H3. The lowest BCUT2D eigenvalue weighted by Gasteiger charge is -2.37. The summed E-state index contributed by atoms with van der Waals surface area (Å²) in [7, 11) is 0. The fourth-order valence-corrected chi connectivity index (χ4v) is 2.91. The number of rotatable bonds is 4. The first-order valence-corrected chi connectivity index (χ1v) is 7.92. The number of morpholine rings is 1. The highest BCUT2D eigenvalue weighted by atomic mass is 16.5. The first-order chi connectivity index (χ1) is 10.0. The van der Waals surface area contributed by atoms with Gasteiger partial charge in [0.2, 0.25) is 11.8 Å². The number of hydrogen-bond donors (Lipinski definition) is 0. The van der Waals surface area contributed by atoms with Crippen molar-refractivity contribution in [2.75, 3.05) is 45.9 Å². The van der Waals surface area contributed by atoms with Crippen molar-refractivity contribution < 1.29 is 14.3 Å². The average Bonchev–Trinajstić information content (AvgIpc) is 2.47. The fraction of sp³-hybridized carbons (Fsp3) is 0.867. The number of nitrogens with zero attached hydrogens (tertiary/aromatic N) is 3. The third-order valence-corrected chi connectivity index (χ3v) is 4.36. The lowest BCUT2D eigenvalue weighted by atomic mass is 10.1. The van der Waals surface area contributed by atoms with Crippen LogP contribution in [0.5, 0.6) is 0 Å². The van der Waals surface area contributed by atoms with Gasteiger partial charge in [0.05, 0.1) is 25.7 Å². The minimum Gasteiger partial charge on any atom is -0.375 e. The zero-order valence-electron chi connectivity index (χ0n) is 13.4. The molecule has 2 rings (SSSR count). The Morgan fingerprint density at radius 3 is 2.71 bits per heavy atom. The lowest BCUT2D eigenvalue weighted by molar-refractivity contribution is -0.147. The quantitative estimate of drug-likeness (QED) is 0.743. The van der Waals surface area contributed by atoms with Crippen molar-refractivity contribution in [2.45, 2.75) is 39.3 Å². The predicted octanol–water partition coefficient (Wildman–Crippen LogP) is 0.176. The molecule has 21 heavy (non-hydrogen) atoms. The Morgan fingerprint density at radius 1 is 1.33 bits per heavy atom. The summed E-state index contributed by atoms with van der Waals surface area (Å²) in [4.78, 5) is 30.0. The Morgan fingerprint density at radius 2 is 2.10 bits per heavy atom. The van der Waals surface area contributed by atoms with Gasteiger partial charge in [-0.2, -0.15) is 0 Å². The van der Waals surface area contributed by atoms with Crippen LogP contribution >= 0.6 is 0 Å². The zero-order chi connectivity index (χ0) is 15.4. The predicted molar refractivity (Wildman–Crippen MR) is 79.9 cm³/mol. The molecule has 0 aromatic rings. The van der Waals surface area contributed by atoms with Crippen LogP contribution in [0, 0.1) is 0 Å². The number of ether oxygens (including phenoxy) is 1. The first kappa shape index (κ1) is 16.2. The second kappa shape index (κ2) is 7.22. The first-order valence-electron chi connectivity index (χ1n) is 7.92. The minimum absolute atomic E-state index is 0.0368. The normalized spacial score (nSPS) is 24.8. The molecular formula is C15H27N3O3. The fourth-order valence-electron chi connectivity index (χ4n) is 2.91. The smallest absolute Gasteiger partial charge is 0.242 e. The van der Waals surface area contributed by atoms with Gasteiger partial charge in [0.25, 0.3) is 0 Å². The molecule has 1 unspecified atom stereocenters. The summed E-state index contributed by atoms with van der Waals surface area (Å²) in [6.45, 7) is 10.9. The van der Waals surface area contributed by atoms with E-state index in [2.05, 4.69) is 18.7 Å². The van der Waals surface area contributed by atoms with Gasteiger partial charge in [0.1, 0.15) is 0 Å². The Labute approximate surface area is 127 Å². The van der Waals surface area contributed by atoms with Crippen LogP contribution in [0.4, 0.5) is 0 Å². The van der Waals surface area contributed by atoms with Crippen LogP contribution in [0.2, 0.25) is 0 Å². The molecular weight excluding hydrogens is 270 g/mol. The Balaban J connectivity index is 1.83. The summed E-state index contributed by atoms with van der Waals surface area (Å²) in [5.41, 5.74) is 0. The molecule has 0 aromatic carbocycles. The second-order valence-electron chi connectivity index (χ2n) is 6.07. The molecule has 2 aliphatic rings. The number of hydrogen-bond acceptors (Lipinski definition) is 4. The highest BCUT2D eigenvalue weighted by molar-refractivity contribution is 5.86. The van der Waals surface area contributed by atoms with E-state index in [4.69, 9.17) is 4.74 Å². The van der Waals surface area contributed by atoms with E-state index in [0.717, 1.165) is 19.6 Å². The molecule has 2 aliphatic heterocycles. The van der Waals surface area contributed by atoms with E-state index >= 15 is 0 Å². The van der Waals surface area contributed by atoms with Gasteiger partial charge in [0, 0.05) is 38.8 Å². The maximum atomic E-state index is 12.3. The number of likely N-dealkylation sites (N-methyl/N-ethyl adjacent to an activating group) is 1. The van der Waals surface area contributed by atoms with Crippen LogP contribution in [0.15, 0.2) is 0 Å². The highest BCUT2D eigenvalue weighted by Gasteiger charge is 2.30. The summed E-state index contributed by atoms with van der Waals surface area (Å²) < 4.78 is 5.70. The van der Waals surface area contributed by atoms with Gasteiger partial charge in [-0.1, -0.05) is 0 Å². The SMILES string of the molecule is CCN1CCN(C(=O)CC2CN(C(C)C)CCO2)CC1=O. The van der Waals surface area contributed by atoms with Gasteiger partial charge in [-0.3, -0.25) is 14.5 Å². The minimum atomic E-state index is -0.0482. The summed E-state index contributed by atoms with van der Waals surface area (Å²) in [6.07, 6.45) is 0.329. The zero-order valence-corrected chi connectivity index (χ0v) is 13.4. The molecule has 0 N–H and O–H groups in total. The van der Waals surface area contributed by atoms with Crippen LogP contribution in [0.25, 0.3) is 0 Å². The molecule has 2 fully saturated rings. The average molecular weight is 297 g/mol. The van der Waals surface area contributed by atoms with E-state index in [1.807, 2.05) is 6.92 Å². The van der Waals surface area contributed by atoms with Crippen molar-refractivity contribution in [1.29, 1.82) is 0 Å². The van der Waals surface area contributed by atoms with Gasteiger partial charge in [-0.25, -0.2) is 0 Å². The van der Waals surface area contributed by atoms with Crippen LogP contribution in [0.1, 0.15) is 27.2 Å². The van der Waals surface area contributed by atoms with E-state index in [1.165, 1.54) is 0 Å². The van der Waals surface area contributed by atoms with Crippen molar-refractivity contribution in [1.82, 2.24) is 14.7 Å². The molecule has 0 aromatic heterocycles. The van der Waals surface area contributed by atoms with E-state index in [9.17, 15) is 9.59 Å². The Kier molecular flexibility index (Phi) is 5.58. The van der Waals surface area contributed by atoms with E-state index in [1.54, 1.807) is 9.80 Å². The van der Waals surface area contributed by atoms with Crippen molar-refractivity contribution in [2.24, 2.45) is 0 Å². The van der Waals surface area contributed by atoms with Crippen molar-refractivity contribution in [3.05, 3.63) is 0 Å². The second-order valence-corrected chi connectivity index (χ2v) is 6.07. The van der Waals surface area contributed by atoms with Gasteiger partial charge in [0.15, 0.2) is 0 Å². The summed E-state index contributed by atoms with van der Waals surface area (Å²) >= 11 is 0. The molecule has 0 radical (unpaired) electrons. The van der Waals surface area contributed by atoms with Gasteiger partial charge >= 0.3 is 0 Å². The van der Waals surface area contributed by atoms with Crippen LogP contribution in [-0.2, 0) is 14.3 Å². The van der Waals surface area contributed by atoms with Gasteiger partial charge in [-0.15, -0.1) is 0 Å². The molecule has 0 saturated carbocycles. The van der Waals surface area contributed by atoms with Crippen molar-refractivity contribution >= 4 is 11.8 Å². The monoisotopic (exact) mass is 297 g/mol. The summed E-state index contributed by atoms with van der Waals surface area (Å²) in [5.74, 6) is 0.0835. The number of amides is 2. The largest absolute Gasteiger partial charge is 0.375 e. The molecule has 120 valence electrons. The molecule has 6 nitrogen and oxygen atoms in total. The number of carbonyl (C=O) groups is 2. The highest BCUT2D eigenvalue weighted by Crippen LogP contribution is 2.14. The van der Waals surface area contributed by atoms with Gasteiger partial charge < -0.3 is 14.5 Å². The van der Waals surface area contributed by atoms with E-state index < -0.39 is 0 Å². The summed E-state index contributed by atoms with van der Waals surface area (Å²) in [6, 6.07) is 0.473. The lowest BCUT2D eigenvalue weighted by Crippen LogP contribution is -2.53. The van der Waals surface area contributed by atoms with Crippen molar-refractivity contribution in [3.63, 3.8) is 0 Å². The third-order valence-electron chi connectivity index (χ3n) is 4.36. The van der Waals surface area contributed by atoms with Crippen LogP contribution in [-0.4, -0.2) is 84.5 Å². The molecule has 2 heterocycles. The van der Waals surface area contributed by atoms with E-state index in [-0.39, 0.29) is 24.5 Å². The molecule has 1 atom stereocenters. The van der Waals surface area contributed by atoms with Crippen LogP contribution in [0.3, 0.4) is 0 Å². The Hall–Kier alpha value is -1.14. The molecule has 0 aliphatic carbocycles. The number of piperazine rings is 1. The van der Waals surface area contributed by atoms with E-state index in [0.29, 0.717) is 32.2 Å². The molecule has 2 amide bonds. The Bertz CT molecular complexity index is 386. The van der Waals surface area contributed by atoms with Gasteiger partial charge in [-0.05, 0) is 20.8 Å². The van der Waals surface area contributed by atoms with Crippen molar-refractivity contribution in [3.8, 4) is 0 Å². The maximum absolute atomic E-state index is 12.3. The maximum Gasteiger partial charge on any atom is 0.242 e. The third kappa shape index (κ3) is 4.17. The topological polar surface area (TPSA) is 53.1 Å². The number of carbonyl (C=O) groups excluding carboxylic acids is 2. The summed E-state index contributed by atoms with van der Waals surface area (Å²) in [5, 5.41) is 0. The molecule has 6 heteroatoms.